The number of benzene rings is 1. The van der Waals surface area contributed by atoms with Gasteiger partial charge in [0.2, 0.25) is 0 Å². The summed E-state index contributed by atoms with van der Waals surface area (Å²) in [7, 11) is 0. The molecular weight excluding hydrogens is 204 g/mol. The molecule has 1 aliphatic heterocycles. The van der Waals surface area contributed by atoms with E-state index < -0.39 is 0 Å². The van der Waals surface area contributed by atoms with Crippen LogP contribution in [0.25, 0.3) is 0 Å². The molecule has 1 saturated heterocycles. The van der Waals surface area contributed by atoms with Gasteiger partial charge in [-0.15, -0.1) is 0 Å². The van der Waals surface area contributed by atoms with Crippen molar-refractivity contribution in [1.82, 2.24) is 4.90 Å². The van der Waals surface area contributed by atoms with Crippen molar-refractivity contribution in [2.24, 2.45) is 0 Å². The third-order valence-corrected chi connectivity index (χ3v) is 2.74. The van der Waals surface area contributed by atoms with Gasteiger partial charge in [0.05, 0.1) is 10.6 Å². The highest BCUT2D eigenvalue weighted by Gasteiger charge is 2.19. The van der Waals surface area contributed by atoms with E-state index in [1.807, 2.05) is 30.3 Å². The van der Waals surface area contributed by atoms with E-state index >= 15 is 0 Å². The molecule has 0 aliphatic carbocycles. The second-order valence-corrected chi connectivity index (χ2v) is 3.92. The standard InChI is InChI=1S/C12H14N2O2/c15-14(16)10-12-7-4-8-13(12)9-11-5-2-1-3-6-11/h1-3,5-6,10H,4,7-9H2/b12-10+. The van der Waals surface area contributed by atoms with E-state index in [-0.39, 0.29) is 4.92 Å². The molecule has 0 N–H and O–H groups in total. The second-order valence-electron chi connectivity index (χ2n) is 3.92. The lowest BCUT2D eigenvalue weighted by Gasteiger charge is -2.18. The van der Waals surface area contributed by atoms with E-state index in [0.717, 1.165) is 37.8 Å². The minimum Gasteiger partial charge on any atom is -0.366 e. The van der Waals surface area contributed by atoms with Crippen molar-refractivity contribution in [1.29, 1.82) is 0 Å². The number of likely N-dealkylation sites (tertiary alicyclic amines) is 1. The third-order valence-electron chi connectivity index (χ3n) is 2.74. The number of allylic oxidation sites excluding steroid dienone is 1. The van der Waals surface area contributed by atoms with Gasteiger partial charge >= 0.3 is 0 Å². The first-order valence-corrected chi connectivity index (χ1v) is 5.39. The maximum atomic E-state index is 10.5. The number of rotatable bonds is 3. The fraction of sp³-hybridized carbons (Fsp3) is 0.333. The Morgan fingerprint density at radius 2 is 2.12 bits per heavy atom. The van der Waals surface area contributed by atoms with Crippen LogP contribution in [0, 0.1) is 10.1 Å². The van der Waals surface area contributed by atoms with E-state index in [2.05, 4.69) is 4.90 Å². The Labute approximate surface area is 94.3 Å². The van der Waals surface area contributed by atoms with E-state index in [0.29, 0.717) is 0 Å². The molecule has 4 nitrogen and oxygen atoms in total. The molecule has 0 unspecified atom stereocenters. The van der Waals surface area contributed by atoms with Crippen molar-refractivity contribution in [2.45, 2.75) is 19.4 Å². The summed E-state index contributed by atoms with van der Waals surface area (Å²) in [5.74, 6) is 0. The Balaban J connectivity index is 2.07. The van der Waals surface area contributed by atoms with Gasteiger partial charge in [0.1, 0.15) is 0 Å². The summed E-state index contributed by atoms with van der Waals surface area (Å²) in [6.07, 6.45) is 2.95. The van der Waals surface area contributed by atoms with Crippen LogP contribution in [0.15, 0.2) is 42.2 Å². The van der Waals surface area contributed by atoms with Crippen molar-refractivity contribution in [2.75, 3.05) is 6.54 Å². The number of hydrogen-bond acceptors (Lipinski definition) is 3. The third kappa shape index (κ3) is 2.59. The molecule has 1 fully saturated rings. The normalized spacial score (nSPS) is 18.0. The van der Waals surface area contributed by atoms with E-state index in [1.54, 1.807) is 0 Å². The summed E-state index contributed by atoms with van der Waals surface area (Å²) in [4.78, 5) is 12.2. The zero-order valence-corrected chi connectivity index (χ0v) is 9.00. The van der Waals surface area contributed by atoms with E-state index in [9.17, 15) is 10.1 Å². The summed E-state index contributed by atoms with van der Waals surface area (Å²) < 4.78 is 0. The van der Waals surface area contributed by atoms with Crippen molar-refractivity contribution in [3.8, 4) is 0 Å². The second kappa shape index (κ2) is 4.79. The van der Waals surface area contributed by atoms with Gasteiger partial charge in [0.25, 0.3) is 6.20 Å². The van der Waals surface area contributed by atoms with Crippen LogP contribution in [0.4, 0.5) is 0 Å². The maximum absolute atomic E-state index is 10.5. The zero-order valence-electron chi connectivity index (χ0n) is 9.00. The van der Waals surface area contributed by atoms with Crippen LogP contribution < -0.4 is 0 Å². The molecule has 0 atom stereocenters. The molecule has 0 radical (unpaired) electrons. The first-order chi connectivity index (χ1) is 7.75. The Hall–Kier alpha value is -1.84. The van der Waals surface area contributed by atoms with Gasteiger partial charge in [0.15, 0.2) is 0 Å². The summed E-state index contributed by atoms with van der Waals surface area (Å²) >= 11 is 0. The molecule has 1 heterocycles. The van der Waals surface area contributed by atoms with Crippen molar-refractivity contribution in [3.63, 3.8) is 0 Å². The minimum atomic E-state index is -0.362. The number of hydrogen-bond donors (Lipinski definition) is 0. The molecule has 0 saturated carbocycles. The molecule has 84 valence electrons. The lowest BCUT2D eigenvalue weighted by atomic mass is 10.2. The van der Waals surface area contributed by atoms with Gasteiger partial charge in [0, 0.05) is 13.1 Å². The van der Waals surface area contributed by atoms with Gasteiger partial charge in [-0.1, -0.05) is 30.3 Å². The van der Waals surface area contributed by atoms with Crippen LogP contribution in [-0.2, 0) is 6.54 Å². The predicted molar refractivity (Wildman–Crippen MR) is 61.2 cm³/mol. The predicted octanol–water partition coefficient (Wildman–Crippen LogP) is 2.40. The quantitative estimate of drug-likeness (QED) is 0.578. The van der Waals surface area contributed by atoms with Gasteiger partial charge in [-0.25, -0.2) is 0 Å². The molecule has 0 bridgehead atoms. The van der Waals surface area contributed by atoms with Crippen LogP contribution in [0.3, 0.4) is 0 Å². The lowest BCUT2D eigenvalue weighted by Crippen LogP contribution is -2.17. The largest absolute Gasteiger partial charge is 0.366 e. The van der Waals surface area contributed by atoms with Crippen molar-refractivity contribution >= 4 is 0 Å². The molecule has 0 aromatic heterocycles. The highest BCUT2D eigenvalue weighted by Crippen LogP contribution is 2.23. The first-order valence-electron chi connectivity index (χ1n) is 5.39. The Morgan fingerprint density at radius 3 is 2.81 bits per heavy atom. The molecular formula is C12H14N2O2. The average molecular weight is 218 g/mol. The highest BCUT2D eigenvalue weighted by molar-refractivity contribution is 5.16. The van der Waals surface area contributed by atoms with Gasteiger partial charge in [-0.3, -0.25) is 10.1 Å². The molecule has 0 amide bonds. The monoisotopic (exact) mass is 218 g/mol. The summed E-state index contributed by atoms with van der Waals surface area (Å²) in [5.41, 5.74) is 2.03. The Bertz CT molecular complexity index is 401. The fourth-order valence-electron chi connectivity index (χ4n) is 2.01. The molecule has 4 heteroatoms. The van der Waals surface area contributed by atoms with E-state index in [4.69, 9.17) is 0 Å². The summed E-state index contributed by atoms with van der Waals surface area (Å²) in [5, 5.41) is 10.5. The van der Waals surface area contributed by atoms with Gasteiger partial charge < -0.3 is 4.90 Å². The number of nitrogens with zero attached hydrogens (tertiary/aromatic N) is 2. The molecule has 16 heavy (non-hydrogen) atoms. The summed E-state index contributed by atoms with van der Waals surface area (Å²) in [6.45, 7) is 1.68. The summed E-state index contributed by atoms with van der Waals surface area (Å²) in [6, 6.07) is 10.0. The maximum Gasteiger partial charge on any atom is 0.253 e. The fourth-order valence-corrected chi connectivity index (χ4v) is 2.01. The SMILES string of the molecule is O=[N+]([O-])/C=C1\CCCN1Cc1ccccc1. The van der Waals surface area contributed by atoms with Crippen LogP contribution in [0.5, 0.6) is 0 Å². The van der Waals surface area contributed by atoms with Crippen LogP contribution in [0.2, 0.25) is 0 Å². The Morgan fingerprint density at radius 1 is 1.38 bits per heavy atom. The van der Waals surface area contributed by atoms with Gasteiger partial charge in [-0.05, 0) is 18.4 Å². The van der Waals surface area contributed by atoms with Crippen molar-refractivity contribution < 1.29 is 4.92 Å². The van der Waals surface area contributed by atoms with Gasteiger partial charge in [-0.2, -0.15) is 0 Å². The molecule has 1 aliphatic rings. The molecule has 1 aromatic carbocycles. The molecule has 2 rings (SSSR count). The minimum absolute atomic E-state index is 0.362. The highest BCUT2D eigenvalue weighted by atomic mass is 16.6. The molecule has 1 aromatic rings. The zero-order chi connectivity index (χ0) is 11.4. The first kappa shape index (κ1) is 10.7. The van der Waals surface area contributed by atoms with Crippen LogP contribution in [0.1, 0.15) is 18.4 Å². The molecule has 0 spiro atoms. The van der Waals surface area contributed by atoms with Crippen molar-refractivity contribution in [3.05, 3.63) is 57.9 Å². The Kier molecular flexibility index (Phi) is 3.19. The van der Waals surface area contributed by atoms with E-state index in [1.165, 1.54) is 5.56 Å². The number of nitro groups is 1. The lowest BCUT2D eigenvalue weighted by molar-refractivity contribution is -0.404. The van der Waals surface area contributed by atoms with Crippen LogP contribution in [-0.4, -0.2) is 16.4 Å². The average Bonchev–Trinajstić information content (AvgIpc) is 2.66. The van der Waals surface area contributed by atoms with Crippen LogP contribution >= 0.6 is 0 Å². The topological polar surface area (TPSA) is 46.4 Å². The smallest absolute Gasteiger partial charge is 0.253 e.